The summed E-state index contributed by atoms with van der Waals surface area (Å²) < 4.78 is 0. The van der Waals surface area contributed by atoms with E-state index in [1.807, 2.05) is 0 Å². The second-order valence-electron chi connectivity index (χ2n) is 5.01. The highest BCUT2D eigenvalue weighted by atomic mass is 16.4. The van der Waals surface area contributed by atoms with Crippen molar-refractivity contribution in [3.05, 3.63) is 0 Å². The summed E-state index contributed by atoms with van der Waals surface area (Å²) in [6.07, 6.45) is 3.81. The van der Waals surface area contributed by atoms with E-state index in [1.54, 1.807) is 11.8 Å². The van der Waals surface area contributed by atoms with E-state index in [0.29, 0.717) is 19.4 Å². The van der Waals surface area contributed by atoms with Gasteiger partial charge in [-0.25, -0.2) is 9.59 Å². The number of likely N-dealkylation sites (tertiary alicyclic amines) is 1. The SMILES string of the molecule is CCC(C(=O)O)N(C)C(=O)N1CCCCC1CCO. The Hall–Kier alpha value is -1.30. The third-order valence-corrected chi connectivity index (χ3v) is 3.78. The Bertz CT molecular complexity index is 320. The largest absolute Gasteiger partial charge is 0.480 e. The van der Waals surface area contributed by atoms with Gasteiger partial charge in [0.2, 0.25) is 0 Å². The first-order valence-electron chi connectivity index (χ1n) is 6.90. The smallest absolute Gasteiger partial charge is 0.326 e. The highest BCUT2D eigenvalue weighted by molar-refractivity contribution is 5.82. The summed E-state index contributed by atoms with van der Waals surface area (Å²) in [5.74, 6) is -0.978. The Kier molecular flexibility index (Phi) is 6.08. The van der Waals surface area contributed by atoms with Gasteiger partial charge in [0.1, 0.15) is 6.04 Å². The molecule has 0 aliphatic carbocycles. The first kappa shape index (κ1) is 15.8. The number of nitrogens with zero attached hydrogens (tertiary/aromatic N) is 2. The zero-order chi connectivity index (χ0) is 14.4. The van der Waals surface area contributed by atoms with Gasteiger partial charge in [0.05, 0.1) is 0 Å². The topological polar surface area (TPSA) is 81.1 Å². The van der Waals surface area contributed by atoms with Crippen molar-refractivity contribution in [1.29, 1.82) is 0 Å². The van der Waals surface area contributed by atoms with Gasteiger partial charge in [-0.3, -0.25) is 0 Å². The Morgan fingerprint density at radius 2 is 2.11 bits per heavy atom. The van der Waals surface area contributed by atoms with Crippen LogP contribution in [0, 0.1) is 0 Å². The number of carbonyl (C=O) groups is 2. The maximum atomic E-state index is 12.4. The first-order chi connectivity index (χ1) is 9.02. The average molecular weight is 272 g/mol. The Labute approximate surface area is 114 Å². The first-order valence-corrected chi connectivity index (χ1v) is 6.90. The van der Waals surface area contributed by atoms with Crippen LogP contribution in [0.3, 0.4) is 0 Å². The van der Waals surface area contributed by atoms with Crippen LogP contribution in [0.15, 0.2) is 0 Å². The maximum absolute atomic E-state index is 12.4. The van der Waals surface area contributed by atoms with Gasteiger partial charge in [0, 0.05) is 26.2 Å². The van der Waals surface area contributed by atoms with Gasteiger partial charge in [-0.05, 0) is 32.1 Å². The van der Waals surface area contributed by atoms with Crippen LogP contribution in [-0.4, -0.2) is 64.3 Å². The normalized spacial score (nSPS) is 21.0. The number of piperidine rings is 1. The molecule has 2 atom stereocenters. The Morgan fingerprint density at radius 3 is 2.63 bits per heavy atom. The number of carboxylic acids is 1. The monoisotopic (exact) mass is 272 g/mol. The summed E-state index contributed by atoms with van der Waals surface area (Å²) in [7, 11) is 1.54. The van der Waals surface area contributed by atoms with E-state index in [0.717, 1.165) is 19.3 Å². The fourth-order valence-electron chi connectivity index (χ4n) is 2.65. The third-order valence-electron chi connectivity index (χ3n) is 3.78. The van der Waals surface area contributed by atoms with E-state index in [4.69, 9.17) is 10.2 Å². The van der Waals surface area contributed by atoms with Crippen LogP contribution in [0.5, 0.6) is 0 Å². The second-order valence-corrected chi connectivity index (χ2v) is 5.01. The van der Waals surface area contributed by atoms with Crippen molar-refractivity contribution in [2.24, 2.45) is 0 Å². The second kappa shape index (κ2) is 7.33. The van der Waals surface area contributed by atoms with Crippen molar-refractivity contribution in [3.8, 4) is 0 Å². The Balaban J connectivity index is 2.75. The lowest BCUT2D eigenvalue weighted by atomic mass is 10.00. The van der Waals surface area contributed by atoms with Crippen molar-refractivity contribution >= 4 is 12.0 Å². The summed E-state index contributed by atoms with van der Waals surface area (Å²) in [4.78, 5) is 26.5. The molecule has 6 heteroatoms. The van der Waals surface area contributed by atoms with E-state index in [1.165, 1.54) is 11.9 Å². The highest BCUT2D eigenvalue weighted by Crippen LogP contribution is 2.21. The molecule has 1 aliphatic rings. The standard InChI is InChI=1S/C13H24N2O4/c1-3-11(12(17)18)14(2)13(19)15-8-5-4-6-10(15)7-9-16/h10-11,16H,3-9H2,1-2H3,(H,17,18). The van der Waals surface area contributed by atoms with Crippen molar-refractivity contribution in [3.63, 3.8) is 0 Å². The van der Waals surface area contributed by atoms with Crippen LogP contribution in [0.25, 0.3) is 0 Å². The van der Waals surface area contributed by atoms with Crippen LogP contribution >= 0.6 is 0 Å². The number of amides is 2. The van der Waals surface area contributed by atoms with Gasteiger partial charge in [-0.1, -0.05) is 6.92 Å². The molecule has 2 unspecified atom stereocenters. The van der Waals surface area contributed by atoms with E-state index < -0.39 is 12.0 Å². The molecule has 6 nitrogen and oxygen atoms in total. The molecule has 110 valence electrons. The van der Waals surface area contributed by atoms with Crippen molar-refractivity contribution in [2.75, 3.05) is 20.2 Å². The van der Waals surface area contributed by atoms with Crippen molar-refractivity contribution in [2.45, 2.75) is 51.1 Å². The predicted octanol–water partition coefficient (Wildman–Crippen LogP) is 1.14. The number of likely N-dealkylation sites (N-methyl/N-ethyl adjacent to an activating group) is 1. The molecule has 0 saturated carbocycles. The van der Waals surface area contributed by atoms with Crippen LogP contribution in [0.4, 0.5) is 4.79 Å². The number of urea groups is 1. The molecule has 1 rings (SSSR count). The minimum Gasteiger partial charge on any atom is -0.480 e. The molecule has 1 heterocycles. The predicted molar refractivity (Wildman–Crippen MR) is 70.9 cm³/mol. The van der Waals surface area contributed by atoms with E-state index in [2.05, 4.69) is 0 Å². The lowest BCUT2D eigenvalue weighted by Crippen LogP contribution is -2.53. The zero-order valence-corrected chi connectivity index (χ0v) is 11.7. The summed E-state index contributed by atoms with van der Waals surface area (Å²) in [5, 5.41) is 18.2. The molecule has 0 radical (unpaired) electrons. The molecule has 0 aromatic carbocycles. The number of carboxylic acid groups (broad SMARTS) is 1. The minimum atomic E-state index is -0.978. The molecule has 1 fully saturated rings. The van der Waals surface area contributed by atoms with E-state index in [-0.39, 0.29) is 18.7 Å². The average Bonchev–Trinajstić information content (AvgIpc) is 2.39. The molecule has 0 spiro atoms. The van der Waals surface area contributed by atoms with Crippen LogP contribution in [0.2, 0.25) is 0 Å². The molecule has 19 heavy (non-hydrogen) atoms. The Morgan fingerprint density at radius 1 is 1.42 bits per heavy atom. The molecule has 0 aromatic rings. The molecule has 1 aliphatic heterocycles. The van der Waals surface area contributed by atoms with Crippen molar-refractivity contribution < 1.29 is 19.8 Å². The maximum Gasteiger partial charge on any atom is 0.326 e. The number of hydrogen-bond donors (Lipinski definition) is 2. The van der Waals surface area contributed by atoms with E-state index in [9.17, 15) is 9.59 Å². The molecule has 1 saturated heterocycles. The van der Waals surface area contributed by atoms with Crippen LogP contribution in [0.1, 0.15) is 39.0 Å². The summed E-state index contributed by atoms with van der Waals surface area (Å²) >= 11 is 0. The fourth-order valence-corrected chi connectivity index (χ4v) is 2.65. The molecule has 0 bridgehead atoms. The number of rotatable bonds is 5. The summed E-state index contributed by atoms with van der Waals surface area (Å²) in [6.45, 7) is 2.45. The molecule has 2 amide bonds. The van der Waals surface area contributed by atoms with E-state index >= 15 is 0 Å². The zero-order valence-electron chi connectivity index (χ0n) is 11.7. The number of hydrogen-bond acceptors (Lipinski definition) is 3. The number of aliphatic carboxylic acids is 1. The van der Waals surface area contributed by atoms with Gasteiger partial charge < -0.3 is 20.0 Å². The molecular formula is C13H24N2O4. The quantitative estimate of drug-likeness (QED) is 0.786. The summed E-state index contributed by atoms with van der Waals surface area (Å²) in [6, 6.07) is -1.00. The minimum absolute atomic E-state index is 0.0278. The van der Waals surface area contributed by atoms with Crippen molar-refractivity contribution in [1.82, 2.24) is 9.80 Å². The third kappa shape index (κ3) is 3.83. The summed E-state index contributed by atoms with van der Waals surface area (Å²) in [5.41, 5.74) is 0. The molecule has 2 N–H and O–H groups in total. The highest BCUT2D eigenvalue weighted by Gasteiger charge is 2.32. The lowest BCUT2D eigenvalue weighted by molar-refractivity contribution is -0.142. The molecule has 0 aromatic heterocycles. The van der Waals surface area contributed by atoms with Gasteiger partial charge in [0.25, 0.3) is 0 Å². The molecular weight excluding hydrogens is 248 g/mol. The number of carbonyl (C=O) groups excluding carboxylic acids is 1. The number of aliphatic hydroxyl groups excluding tert-OH is 1. The van der Waals surface area contributed by atoms with Gasteiger partial charge >= 0.3 is 12.0 Å². The van der Waals surface area contributed by atoms with Gasteiger partial charge in [0.15, 0.2) is 0 Å². The number of aliphatic hydroxyl groups is 1. The van der Waals surface area contributed by atoms with Crippen LogP contribution in [-0.2, 0) is 4.79 Å². The lowest BCUT2D eigenvalue weighted by Gasteiger charge is -2.39. The van der Waals surface area contributed by atoms with Crippen LogP contribution < -0.4 is 0 Å². The fraction of sp³-hybridized carbons (Fsp3) is 0.846. The van der Waals surface area contributed by atoms with Gasteiger partial charge in [-0.2, -0.15) is 0 Å². The van der Waals surface area contributed by atoms with Gasteiger partial charge in [-0.15, -0.1) is 0 Å².